The van der Waals surface area contributed by atoms with Crippen LogP contribution in [0.2, 0.25) is 0 Å². The molecule has 0 amide bonds. The van der Waals surface area contributed by atoms with E-state index in [-0.39, 0.29) is 0 Å². The second-order valence-electron chi connectivity index (χ2n) is 6.13. The molecule has 0 fully saturated rings. The van der Waals surface area contributed by atoms with E-state index in [1.54, 1.807) is 11.1 Å². The lowest BCUT2D eigenvalue weighted by atomic mass is 9.90. The van der Waals surface area contributed by atoms with Crippen LogP contribution in [0.15, 0.2) is 36.4 Å². The van der Waals surface area contributed by atoms with Gasteiger partial charge in [0, 0.05) is 24.5 Å². The summed E-state index contributed by atoms with van der Waals surface area (Å²) in [6, 6.07) is 13.4. The predicted molar refractivity (Wildman–Crippen MR) is 89.0 cm³/mol. The van der Waals surface area contributed by atoms with Crippen LogP contribution >= 0.6 is 0 Å². The van der Waals surface area contributed by atoms with Crippen molar-refractivity contribution < 1.29 is 0 Å². The van der Waals surface area contributed by atoms with E-state index in [2.05, 4.69) is 47.0 Å². The Hall–Kier alpha value is -1.96. The number of benzene rings is 2. The zero-order valence-corrected chi connectivity index (χ0v) is 12.4. The Morgan fingerprint density at radius 2 is 1.76 bits per heavy atom. The van der Waals surface area contributed by atoms with Crippen LogP contribution in [0.3, 0.4) is 0 Å². The molecule has 1 heterocycles. The third-order valence-corrected chi connectivity index (χ3v) is 4.80. The molecule has 0 bridgehead atoms. The van der Waals surface area contributed by atoms with Gasteiger partial charge in [0.2, 0.25) is 0 Å². The SMILES string of the molecule is c1cc2c(c(CNc3cccc4c3CCCC4)c1)NCC2. The molecule has 0 unspecified atom stereocenters. The fourth-order valence-electron chi connectivity index (χ4n) is 3.70. The van der Waals surface area contributed by atoms with Gasteiger partial charge in [-0.3, -0.25) is 0 Å². The topological polar surface area (TPSA) is 24.1 Å². The van der Waals surface area contributed by atoms with Gasteiger partial charge >= 0.3 is 0 Å². The van der Waals surface area contributed by atoms with Crippen LogP contribution in [0.4, 0.5) is 11.4 Å². The fourth-order valence-corrected chi connectivity index (χ4v) is 3.70. The molecule has 108 valence electrons. The lowest BCUT2D eigenvalue weighted by Crippen LogP contribution is -2.09. The molecule has 2 heteroatoms. The van der Waals surface area contributed by atoms with Gasteiger partial charge in [0.15, 0.2) is 0 Å². The van der Waals surface area contributed by atoms with Crippen LogP contribution in [0, 0.1) is 0 Å². The first-order valence-electron chi connectivity index (χ1n) is 8.11. The lowest BCUT2D eigenvalue weighted by Gasteiger charge is -2.20. The Kier molecular flexibility index (Phi) is 3.30. The zero-order valence-electron chi connectivity index (χ0n) is 12.4. The molecule has 0 atom stereocenters. The second-order valence-corrected chi connectivity index (χ2v) is 6.13. The Morgan fingerprint density at radius 1 is 0.905 bits per heavy atom. The number of hydrogen-bond acceptors (Lipinski definition) is 2. The molecule has 0 spiro atoms. The molecule has 2 aliphatic rings. The van der Waals surface area contributed by atoms with Gasteiger partial charge in [0.05, 0.1) is 0 Å². The first-order chi connectivity index (χ1) is 10.4. The van der Waals surface area contributed by atoms with E-state index in [4.69, 9.17) is 0 Å². The Balaban J connectivity index is 1.57. The summed E-state index contributed by atoms with van der Waals surface area (Å²) in [6.45, 7) is 1.99. The van der Waals surface area contributed by atoms with Crippen molar-refractivity contribution >= 4 is 11.4 Å². The molecule has 2 aromatic carbocycles. The molecule has 2 aromatic rings. The highest BCUT2D eigenvalue weighted by atomic mass is 14.9. The number of para-hydroxylation sites is 1. The van der Waals surface area contributed by atoms with Crippen molar-refractivity contribution in [1.29, 1.82) is 0 Å². The second kappa shape index (κ2) is 5.44. The number of hydrogen-bond donors (Lipinski definition) is 2. The predicted octanol–water partition coefficient (Wildman–Crippen LogP) is 4.15. The lowest BCUT2D eigenvalue weighted by molar-refractivity contribution is 0.686. The first kappa shape index (κ1) is 12.8. The summed E-state index contributed by atoms with van der Waals surface area (Å²) in [6.07, 6.45) is 6.29. The number of rotatable bonds is 3. The van der Waals surface area contributed by atoms with E-state index in [0.29, 0.717) is 0 Å². The monoisotopic (exact) mass is 278 g/mol. The smallest absolute Gasteiger partial charge is 0.0424 e. The molecule has 1 aliphatic carbocycles. The summed E-state index contributed by atoms with van der Waals surface area (Å²) in [5, 5.41) is 7.21. The van der Waals surface area contributed by atoms with E-state index in [1.165, 1.54) is 48.2 Å². The maximum absolute atomic E-state index is 3.68. The van der Waals surface area contributed by atoms with E-state index in [0.717, 1.165) is 19.5 Å². The van der Waals surface area contributed by atoms with E-state index >= 15 is 0 Å². The highest BCUT2D eigenvalue weighted by molar-refractivity contribution is 5.63. The normalized spacial score (nSPS) is 16.0. The average molecular weight is 278 g/mol. The third-order valence-electron chi connectivity index (χ3n) is 4.80. The molecule has 0 aromatic heterocycles. The molecule has 0 saturated heterocycles. The van der Waals surface area contributed by atoms with Crippen LogP contribution in [0.25, 0.3) is 0 Å². The highest BCUT2D eigenvalue weighted by Gasteiger charge is 2.15. The first-order valence-corrected chi connectivity index (χ1v) is 8.11. The van der Waals surface area contributed by atoms with Crippen LogP contribution in [-0.4, -0.2) is 6.54 Å². The maximum Gasteiger partial charge on any atom is 0.0424 e. The largest absolute Gasteiger partial charge is 0.384 e. The molecule has 0 saturated carbocycles. The molecule has 2 nitrogen and oxygen atoms in total. The number of aryl methyl sites for hydroxylation is 1. The quantitative estimate of drug-likeness (QED) is 0.881. The number of anilines is 2. The van der Waals surface area contributed by atoms with Gasteiger partial charge in [-0.25, -0.2) is 0 Å². The number of nitrogens with one attached hydrogen (secondary N) is 2. The van der Waals surface area contributed by atoms with Gasteiger partial charge in [0.1, 0.15) is 0 Å². The average Bonchev–Trinajstić information content (AvgIpc) is 3.02. The molecule has 1 aliphatic heterocycles. The maximum atomic E-state index is 3.68. The molecule has 21 heavy (non-hydrogen) atoms. The minimum atomic E-state index is 0.909. The van der Waals surface area contributed by atoms with E-state index in [1.807, 2.05) is 0 Å². The minimum Gasteiger partial charge on any atom is -0.384 e. The summed E-state index contributed by atoms with van der Waals surface area (Å²) in [5.74, 6) is 0. The van der Waals surface area contributed by atoms with Gasteiger partial charge in [-0.2, -0.15) is 0 Å². The van der Waals surface area contributed by atoms with Gasteiger partial charge in [-0.15, -0.1) is 0 Å². The highest BCUT2D eigenvalue weighted by Crippen LogP contribution is 2.30. The van der Waals surface area contributed by atoms with Crippen LogP contribution in [0.1, 0.15) is 35.1 Å². The van der Waals surface area contributed by atoms with Crippen molar-refractivity contribution in [3.8, 4) is 0 Å². The van der Waals surface area contributed by atoms with E-state index in [9.17, 15) is 0 Å². The van der Waals surface area contributed by atoms with Gasteiger partial charge in [0.25, 0.3) is 0 Å². The summed E-state index contributed by atoms with van der Waals surface area (Å²) in [7, 11) is 0. The van der Waals surface area contributed by atoms with Crippen LogP contribution < -0.4 is 10.6 Å². The molecular formula is C19H22N2. The molecule has 0 radical (unpaired) electrons. The Bertz CT molecular complexity index is 661. The molecule has 4 rings (SSSR count). The minimum absolute atomic E-state index is 0.909. The van der Waals surface area contributed by atoms with Crippen LogP contribution in [0.5, 0.6) is 0 Å². The molecule has 2 N–H and O–H groups in total. The molecular weight excluding hydrogens is 256 g/mol. The summed E-state index contributed by atoms with van der Waals surface area (Å²) in [5.41, 5.74) is 8.63. The van der Waals surface area contributed by atoms with Crippen molar-refractivity contribution in [2.45, 2.75) is 38.6 Å². The van der Waals surface area contributed by atoms with Gasteiger partial charge in [-0.05, 0) is 60.4 Å². The Morgan fingerprint density at radius 3 is 2.76 bits per heavy atom. The van der Waals surface area contributed by atoms with Gasteiger partial charge < -0.3 is 10.6 Å². The van der Waals surface area contributed by atoms with Crippen molar-refractivity contribution in [2.75, 3.05) is 17.2 Å². The Labute approximate surface area is 126 Å². The summed E-state index contributed by atoms with van der Waals surface area (Å²) < 4.78 is 0. The summed E-state index contributed by atoms with van der Waals surface area (Å²) in [4.78, 5) is 0. The van der Waals surface area contributed by atoms with Gasteiger partial charge in [-0.1, -0.05) is 30.3 Å². The standard InChI is InChI=1S/C19H22N2/c1-2-9-17-14(5-1)6-4-10-18(17)21-13-16-8-3-7-15-11-12-20-19(15)16/h3-4,6-8,10,20-21H,1-2,5,9,11-13H2. The van der Waals surface area contributed by atoms with Crippen molar-refractivity contribution in [1.82, 2.24) is 0 Å². The fraction of sp³-hybridized carbons (Fsp3) is 0.368. The van der Waals surface area contributed by atoms with Crippen molar-refractivity contribution in [3.05, 3.63) is 58.7 Å². The van der Waals surface area contributed by atoms with Crippen molar-refractivity contribution in [3.63, 3.8) is 0 Å². The zero-order chi connectivity index (χ0) is 14.1. The van der Waals surface area contributed by atoms with Crippen LogP contribution in [-0.2, 0) is 25.8 Å². The van der Waals surface area contributed by atoms with Crippen molar-refractivity contribution in [2.24, 2.45) is 0 Å². The van der Waals surface area contributed by atoms with E-state index < -0.39 is 0 Å². The number of fused-ring (bicyclic) bond motifs is 2. The third kappa shape index (κ3) is 2.39. The summed E-state index contributed by atoms with van der Waals surface area (Å²) >= 11 is 0.